The molecule has 2 aromatic heterocycles. The van der Waals surface area contributed by atoms with E-state index in [1.54, 1.807) is 4.90 Å². The molecule has 1 saturated carbocycles. The van der Waals surface area contributed by atoms with Gasteiger partial charge < -0.3 is 16.5 Å². The molecule has 0 bridgehead atoms. The summed E-state index contributed by atoms with van der Waals surface area (Å²) in [6.45, 7) is 1.01. The first-order valence-electron chi connectivity index (χ1n) is 8.92. The monoisotopic (exact) mass is 373 g/mol. The number of aromatic nitrogens is 3. The number of hydrogen-bond acceptors (Lipinski definition) is 7. The number of fused-ring (bicyclic) bond motifs is 1. The molecule has 2 unspecified atom stereocenters. The predicted octanol–water partition coefficient (Wildman–Crippen LogP) is -0.187. The fourth-order valence-corrected chi connectivity index (χ4v) is 3.72. The van der Waals surface area contributed by atoms with Gasteiger partial charge in [0.15, 0.2) is 17.3 Å². The highest BCUT2D eigenvalue weighted by Gasteiger charge is 2.32. The number of nitrogens with two attached hydrogens (primary N) is 2. The molecule has 1 aliphatic heterocycles. The van der Waals surface area contributed by atoms with Crippen LogP contribution in [0.4, 0.5) is 10.2 Å². The van der Waals surface area contributed by atoms with Crippen LogP contribution < -0.4 is 27.7 Å². The van der Waals surface area contributed by atoms with E-state index < -0.39 is 17.1 Å². The normalized spacial score (nSPS) is 20.8. The Morgan fingerprint density at radius 3 is 2.78 bits per heavy atom. The third kappa shape index (κ3) is 2.84. The Morgan fingerprint density at radius 1 is 1.37 bits per heavy atom. The summed E-state index contributed by atoms with van der Waals surface area (Å²) in [6, 6.07) is 2.81. The smallest absolute Gasteiger partial charge is 0.351 e. The standard InChI is InChI=1S/C17H20FN7O2/c18-12-7-11-14(24(10-1-2-10)17(27)25(21)16(11)26)22-15(12)23-6-4-9(8-23)13(20)3-5-19/h7,9-10,13H,1-4,6,8,20-21H2. The molecule has 2 aromatic rings. The van der Waals surface area contributed by atoms with Crippen LogP contribution >= 0.6 is 0 Å². The lowest BCUT2D eigenvalue weighted by Crippen LogP contribution is -2.45. The van der Waals surface area contributed by atoms with E-state index in [0.29, 0.717) is 17.8 Å². The van der Waals surface area contributed by atoms with Gasteiger partial charge in [0.05, 0.1) is 17.9 Å². The summed E-state index contributed by atoms with van der Waals surface area (Å²) in [7, 11) is 0. The van der Waals surface area contributed by atoms with Crippen LogP contribution in [-0.4, -0.2) is 33.4 Å². The third-order valence-electron chi connectivity index (χ3n) is 5.40. The molecule has 9 nitrogen and oxygen atoms in total. The third-order valence-corrected chi connectivity index (χ3v) is 5.40. The molecule has 0 amide bonds. The first-order valence-corrected chi connectivity index (χ1v) is 8.92. The van der Waals surface area contributed by atoms with Crippen molar-refractivity contribution < 1.29 is 4.39 Å². The molecule has 2 aliphatic rings. The van der Waals surface area contributed by atoms with E-state index in [2.05, 4.69) is 11.1 Å². The Bertz CT molecular complexity index is 1070. The van der Waals surface area contributed by atoms with Crippen molar-refractivity contribution in [3.63, 3.8) is 0 Å². The van der Waals surface area contributed by atoms with Gasteiger partial charge in [-0.3, -0.25) is 9.36 Å². The van der Waals surface area contributed by atoms with Gasteiger partial charge in [-0.05, 0) is 31.2 Å². The Morgan fingerprint density at radius 2 is 2.11 bits per heavy atom. The molecule has 27 heavy (non-hydrogen) atoms. The quantitative estimate of drug-likeness (QED) is 0.709. The van der Waals surface area contributed by atoms with Gasteiger partial charge in [0.25, 0.3) is 5.56 Å². The van der Waals surface area contributed by atoms with Gasteiger partial charge in [-0.15, -0.1) is 0 Å². The minimum Gasteiger partial charge on any atom is -0.354 e. The second-order valence-electron chi connectivity index (χ2n) is 7.24. The summed E-state index contributed by atoms with van der Waals surface area (Å²) >= 11 is 0. The first kappa shape index (κ1) is 17.5. The minimum absolute atomic E-state index is 0.0119. The van der Waals surface area contributed by atoms with Gasteiger partial charge in [-0.25, -0.2) is 14.2 Å². The SMILES string of the molecule is N#CCC(N)C1CCN(c2nc3c(cc2F)c(=O)n(N)c(=O)n3C2CC2)C1. The molecule has 4 N–H and O–H groups in total. The lowest BCUT2D eigenvalue weighted by molar-refractivity contribution is 0.463. The largest absolute Gasteiger partial charge is 0.354 e. The lowest BCUT2D eigenvalue weighted by atomic mass is 9.98. The molecule has 142 valence electrons. The lowest BCUT2D eigenvalue weighted by Gasteiger charge is -2.21. The Hall–Kier alpha value is -2.93. The average Bonchev–Trinajstić information content (AvgIpc) is 3.35. The number of anilines is 1. The summed E-state index contributed by atoms with van der Waals surface area (Å²) in [5.74, 6) is 5.09. The van der Waals surface area contributed by atoms with Crippen molar-refractivity contribution >= 4 is 16.9 Å². The maximum atomic E-state index is 14.7. The number of nitrogens with zero attached hydrogens (tertiary/aromatic N) is 5. The van der Waals surface area contributed by atoms with Crippen LogP contribution in [0.1, 0.15) is 31.7 Å². The van der Waals surface area contributed by atoms with E-state index in [0.717, 1.165) is 25.3 Å². The summed E-state index contributed by atoms with van der Waals surface area (Å²) in [4.78, 5) is 30.8. The van der Waals surface area contributed by atoms with Gasteiger partial charge in [0.2, 0.25) is 0 Å². The van der Waals surface area contributed by atoms with Gasteiger partial charge >= 0.3 is 5.69 Å². The highest BCUT2D eigenvalue weighted by molar-refractivity contribution is 5.77. The molecule has 0 spiro atoms. The summed E-state index contributed by atoms with van der Waals surface area (Å²) in [6.07, 6.45) is 2.54. The molecule has 1 saturated heterocycles. The summed E-state index contributed by atoms with van der Waals surface area (Å²) < 4.78 is 16.6. The molecular formula is C17H20FN7O2. The fourth-order valence-electron chi connectivity index (χ4n) is 3.72. The highest BCUT2D eigenvalue weighted by atomic mass is 19.1. The van der Waals surface area contributed by atoms with Gasteiger partial charge in [0.1, 0.15) is 0 Å². The Balaban J connectivity index is 1.80. The number of pyridine rings is 1. The number of rotatable bonds is 4. The first-order chi connectivity index (χ1) is 12.9. The van der Waals surface area contributed by atoms with Crippen molar-refractivity contribution in [2.24, 2.45) is 11.7 Å². The number of halogens is 1. The van der Waals surface area contributed by atoms with Crippen LogP contribution in [0.15, 0.2) is 15.7 Å². The number of hydrogen-bond donors (Lipinski definition) is 2. The molecule has 0 radical (unpaired) electrons. The molecule has 4 rings (SSSR count). The van der Waals surface area contributed by atoms with E-state index in [1.807, 2.05) is 0 Å². The van der Waals surface area contributed by atoms with Crippen LogP contribution in [-0.2, 0) is 0 Å². The van der Waals surface area contributed by atoms with Crippen LogP contribution in [0, 0.1) is 23.1 Å². The van der Waals surface area contributed by atoms with Crippen molar-refractivity contribution in [2.75, 3.05) is 23.8 Å². The topological polar surface area (TPSA) is 136 Å². The molecule has 0 aromatic carbocycles. The highest BCUT2D eigenvalue weighted by Crippen LogP contribution is 2.36. The van der Waals surface area contributed by atoms with E-state index in [-0.39, 0.29) is 41.3 Å². The van der Waals surface area contributed by atoms with Gasteiger partial charge in [0, 0.05) is 25.2 Å². The van der Waals surface area contributed by atoms with Crippen molar-refractivity contribution in [1.29, 1.82) is 5.26 Å². The van der Waals surface area contributed by atoms with Crippen molar-refractivity contribution in [2.45, 2.75) is 37.8 Å². The van der Waals surface area contributed by atoms with E-state index in [1.165, 1.54) is 4.57 Å². The fraction of sp³-hybridized carbons (Fsp3) is 0.529. The van der Waals surface area contributed by atoms with E-state index in [9.17, 15) is 14.0 Å². The number of nitriles is 1. The Labute approximate surface area is 153 Å². The van der Waals surface area contributed by atoms with Gasteiger partial charge in [-0.1, -0.05) is 0 Å². The predicted molar refractivity (Wildman–Crippen MR) is 97.2 cm³/mol. The maximum absolute atomic E-state index is 14.7. The molecule has 1 aliphatic carbocycles. The molecule has 2 atom stereocenters. The molecule has 2 fully saturated rings. The van der Waals surface area contributed by atoms with E-state index in [4.69, 9.17) is 16.8 Å². The van der Waals surface area contributed by atoms with Crippen molar-refractivity contribution in [3.8, 4) is 6.07 Å². The number of nitrogen functional groups attached to an aromatic ring is 1. The van der Waals surface area contributed by atoms with Crippen LogP contribution in [0.5, 0.6) is 0 Å². The second kappa shape index (κ2) is 6.35. The van der Waals surface area contributed by atoms with Gasteiger partial charge in [-0.2, -0.15) is 9.94 Å². The second-order valence-corrected chi connectivity index (χ2v) is 7.24. The van der Waals surface area contributed by atoms with E-state index >= 15 is 0 Å². The zero-order valence-corrected chi connectivity index (χ0v) is 14.6. The summed E-state index contributed by atoms with van der Waals surface area (Å²) in [5.41, 5.74) is 4.78. The van der Waals surface area contributed by atoms with Crippen molar-refractivity contribution in [3.05, 3.63) is 32.7 Å². The molecular weight excluding hydrogens is 353 g/mol. The Kier molecular flexibility index (Phi) is 4.11. The van der Waals surface area contributed by atoms with Crippen LogP contribution in [0.2, 0.25) is 0 Å². The zero-order chi connectivity index (χ0) is 19.3. The zero-order valence-electron chi connectivity index (χ0n) is 14.6. The summed E-state index contributed by atoms with van der Waals surface area (Å²) in [5, 5.41) is 8.80. The average molecular weight is 373 g/mol. The minimum atomic E-state index is -0.764. The molecule has 10 heteroatoms. The maximum Gasteiger partial charge on any atom is 0.351 e. The van der Waals surface area contributed by atoms with Crippen LogP contribution in [0.25, 0.3) is 11.0 Å². The molecule has 3 heterocycles. The van der Waals surface area contributed by atoms with Crippen molar-refractivity contribution in [1.82, 2.24) is 14.2 Å². The van der Waals surface area contributed by atoms with Crippen LogP contribution in [0.3, 0.4) is 0 Å².